The first kappa shape index (κ1) is 30.9. The number of hydrogen-bond acceptors (Lipinski definition) is 10. The van der Waals surface area contributed by atoms with Crippen molar-refractivity contribution < 1.29 is 38.9 Å². The Morgan fingerprint density at radius 3 is 1.73 bits per heavy atom. The largest absolute Gasteiger partial charge is 0.491 e. The molecule has 7 rings (SSSR count). The highest BCUT2D eigenvalue weighted by atomic mass is 16.6. The van der Waals surface area contributed by atoms with Gasteiger partial charge in [0.1, 0.15) is 12.4 Å². The molecule has 0 aromatic heterocycles. The number of nitro benzene ring substituents is 2. The van der Waals surface area contributed by atoms with E-state index in [4.69, 9.17) is 9.84 Å². The van der Waals surface area contributed by atoms with Gasteiger partial charge in [0.2, 0.25) is 23.6 Å². The lowest BCUT2D eigenvalue weighted by molar-refractivity contribution is -0.385. The molecule has 14 nitrogen and oxygen atoms in total. The maximum atomic E-state index is 14.2. The normalized spacial score (nSPS) is 26.1. The Morgan fingerprint density at radius 1 is 0.688 bits per heavy atom. The molecule has 244 valence electrons. The number of non-ortho nitro benzene ring substituents is 2. The summed E-state index contributed by atoms with van der Waals surface area (Å²) in [5.74, 6) is -5.77. The number of ether oxygens (including phenoxy) is 1. The first-order valence-electron chi connectivity index (χ1n) is 15.4. The Hall–Kier alpha value is -5.76. The fourth-order valence-electron chi connectivity index (χ4n) is 7.85. The van der Waals surface area contributed by atoms with Gasteiger partial charge in [0.25, 0.3) is 11.4 Å². The molecule has 14 heteroatoms. The van der Waals surface area contributed by atoms with Gasteiger partial charge in [-0.05, 0) is 60.7 Å². The molecule has 1 N–H and O–H groups in total. The quantitative estimate of drug-likeness (QED) is 0.162. The van der Waals surface area contributed by atoms with Gasteiger partial charge in [0, 0.05) is 30.2 Å². The van der Waals surface area contributed by atoms with Gasteiger partial charge in [0.15, 0.2) is 0 Å². The van der Waals surface area contributed by atoms with Crippen molar-refractivity contribution in [3.8, 4) is 5.75 Å². The molecule has 3 aromatic rings. The summed E-state index contributed by atoms with van der Waals surface area (Å²) in [5.41, 5.74) is 1.51. The molecule has 0 radical (unpaired) electrons. The molecule has 0 spiro atoms. The van der Waals surface area contributed by atoms with Crippen molar-refractivity contribution in [3.63, 3.8) is 0 Å². The molecular weight excluding hydrogens is 624 g/mol. The summed E-state index contributed by atoms with van der Waals surface area (Å²) in [7, 11) is 0. The zero-order valence-corrected chi connectivity index (χ0v) is 25.2. The van der Waals surface area contributed by atoms with Gasteiger partial charge in [0.05, 0.1) is 51.5 Å². The Morgan fingerprint density at radius 2 is 1.21 bits per heavy atom. The molecule has 1 saturated carbocycles. The highest BCUT2D eigenvalue weighted by Crippen LogP contribution is 2.58. The molecule has 0 unspecified atom stereocenters. The molecule has 2 aliphatic carbocycles. The molecule has 2 aliphatic heterocycles. The number of hydrogen-bond donors (Lipinski definition) is 1. The lowest BCUT2D eigenvalue weighted by atomic mass is 9.57. The van der Waals surface area contributed by atoms with Crippen molar-refractivity contribution in [1.29, 1.82) is 0 Å². The van der Waals surface area contributed by atoms with Crippen molar-refractivity contribution in [3.05, 3.63) is 110 Å². The maximum absolute atomic E-state index is 14.2. The van der Waals surface area contributed by atoms with Gasteiger partial charge in [-0.15, -0.1) is 0 Å². The lowest BCUT2D eigenvalue weighted by Crippen LogP contribution is -2.43. The van der Waals surface area contributed by atoms with E-state index >= 15 is 0 Å². The van der Waals surface area contributed by atoms with E-state index in [1.54, 1.807) is 24.3 Å². The van der Waals surface area contributed by atoms with Gasteiger partial charge < -0.3 is 9.84 Å². The Labute approximate surface area is 272 Å². The molecule has 0 bridgehead atoms. The van der Waals surface area contributed by atoms with Crippen molar-refractivity contribution in [1.82, 2.24) is 0 Å². The van der Waals surface area contributed by atoms with Crippen molar-refractivity contribution in [2.75, 3.05) is 23.0 Å². The minimum Gasteiger partial charge on any atom is -0.491 e. The average molecular weight is 653 g/mol. The van der Waals surface area contributed by atoms with Crippen LogP contribution in [0.3, 0.4) is 0 Å². The van der Waals surface area contributed by atoms with E-state index in [9.17, 15) is 39.4 Å². The number of benzene rings is 3. The summed E-state index contributed by atoms with van der Waals surface area (Å²) in [6, 6.07) is 17.3. The molecule has 3 fully saturated rings. The second-order valence-electron chi connectivity index (χ2n) is 12.2. The van der Waals surface area contributed by atoms with Crippen LogP contribution < -0.4 is 14.5 Å². The van der Waals surface area contributed by atoms with Crippen LogP contribution >= 0.6 is 0 Å². The van der Waals surface area contributed by atoms with E-state index in [0.29, 0.717) is 11.3 Å². The van der Waals surface area contributed by atoms with Gasteiger partial charge >= 0.3 is 0 Å². The van der Waals surface area contributed by atoms with E-state index in [1.165, 1.54) is 48.5 Å². The summed E-state index contributed by atoms with van der Waals surface area (Å²) >= 11 is 0. The summed E-state index contributed by atoms with van der Waals surface area (Å²) in [5, 5.41) is 31.6. The van der Waals surface area contributed by atoms with Crippen LogP contribution in [0.15, 0.2) is 84.4 Å². The summed E-state index contributed by atoms with van der Waals surface area (Å²) in [6.45, 7) is -0.0909. The molecular formula is C34H28N4O10. The number of rotatable bonds is 8. The molecule has 6 atom stereocenters. The second-order valence-corrected chi connectivity index (χ2v) is 12.2. The van der Waals surface area contributed by atoms with Crippen molar-refractivity contribution in [2.24, 2.45) is 29.6 Å². The van der Waals surface area contributed by atoms with Crippen LogP contribution in [0, 0.1) is 49.8 Å². The van der Waals surface area contributed by atoms with Crippen LogP contribution in [0.1, 0.15) is 24.3 Å². The van der Waals surface area contributed by atoms with Crippen LogP contribution in [0.25, 0.3) is 0 Å². The Balaban J connectivity index is 1.28. The fourth-order valence-corrected chi connectivity index (χ4v) is 7.85. The molecule has 2 saturated heterocycles. The molecule has 4 aliphatic rings. The van der Waals surface area contributed by atoms with Gasteiger partial charge in [-0.1, -0.05) is 23.8 Å². The third-order valence-corrected chi connectivity index (χ3v) is 9.89. The maximum Gasteiger partial charge on any atom is 0.269 e. The number of nitrogens with zero attached hydrogens (tertiary/aromatic N) is 4. The number of carbonyl (C=O) groups is 4. The number of allylic oxidation sites excluding steroid dienone is 2. The van der Waals surface area contributed by atoms with Crippen LogP contribution in [0.2, 0.25) is 0 Å². The highest BCUT2D eigenvalue weighted by Gasteiger charge is 2.62. The van der Waals surface area contributed by atoms with E-state index in [1.807, 2.05) is 6.08 Å². The zero-order chi connectivity index (χ0) is 33.9. The molecule has 4 amide bonds. The summed E-state index contributed by atoms with van der Waals surface area (Å²) in [4.78, 5) is 79.5. The van der Waals surface area contributed by atoms with Crippen molar-refractivity contribution in [2.45, 2.75) is 18.8 Å². The fraction of sp³-hybridized carbons (Fsp3) is 0.294. The second kappa shape index (κ2) is 11.8. The van der Waals surface area contributed by atoms with Crippen LogP contribution in [-0.2, 0) is 19.2 Å². The Kier molecular flexibility index (Phi) is 7.59. The third-order valence-electron chi connectivity index (χ3n) is 9.89. The highest BCUT2D eigenvalue weighted by molar-refractivity contribution is 6.24. The van der Waals surface area contributed by atoms with Crippen LogP contribution in [-0.4, -0.2) is 51.8 Å². The molecule has 3 aromatic carbocycles. The number of fused-ring (bicyclic) bond motifs is 4. The zero-order valence-electron chi connectivity index (χ0n) is 25.2. The summed E-state index contributed by atoms with van der Waals surface area (Å²) in [6.07, 6.45) is 2.26. The number of imide groups is 2. The van der Waals surface area contributed by atoms with Crippen molar-refractivity contribution >= 4 is 46.4 Å². The predicted octanol–water partition coefficient (Wildman–Crippen LogP) is 3.92. The Bertz CT molecular complexity index is 1890. The number of anilines is 2. The SMILES string of the molecule is O=C1[C@H]2[C@H](CC=C3[C@H]2C[C@H]2C(=O)N(c4ccc([N+](=O)[O-])cc4)C(=O)[C@H]2[C@H]3c2ccc(OCCO)cc2)C(=O)N1c1ccc([N+](=O)[O-])cc1. The van der Waals surface area contributed by atoms with Crippen LogP contribution in [0.4, 0.5) is 22.7 Å². The first-order chi connectivity index (χ1) is 23.1. The third kappa shape index (κ3) is 4.83. The van der Waals surface area contributed by atoms with E-state index < -0.39 is 69.0 Å². The number of amides is 4. The standard InChI is InChI=1S/C34H28N4O10/c39-15-16-48-23-11-1-18(2-12-23)28-24-13-14-25-29(33(42)35(31(25)40)19-3-7-21(8-4-19)37(44)45)26(24)17-27-30(28)34(43)36(32(27)41)20-5-9-22(10-6-20)38(46)47/h1-13,25-30,39H,14-17H2/t25-,26+,27+,28-,29-,30+/m0/s1. The minimum absolute atomic E-state index is 0.0857. The molecule has 48 heavy (non-hydrogen) atoms. The lowest BCUT2D eigenvalue weighted by Gasteiger charge is -2.44. The minimum atomic E-state index is -0.847. The van der Waals surface area contributed by atoms with Gasteiger partial charge in [-0.3, -0.25) is 49.2 Å². The monoisotopic (exact) mass is 652 g/mol. The number of aliphatic hydroxyl groups is 1. The first-order valence-corrected chi connectivity index (χ1v) is 15.4. The summed E-state index contributed by atoms with van der Waals surface area (Å²) < 4.78 is 5.52. The van der Waals surface area contributed by atoms with E-state index in [-0.39, 0.29) is 48.8 Å². The number of aliphatic hydroxyl groups excluding tert-OH is 1. The van der Waals surface area contributed by atoms with Crippen LogP contribution in [0.5, 0.6) is 5.75 Å². The molecule has 2 heterocycles. The predicted molar refractivity (Wildman–Crippen MR) is 168 cm³/mol. The topological polar surface area (TPSA) is 190 Å². The smallest absolute Gasteiger partial charge is 0.269 e. The van der Waals surface area contributed by atoms with E-state index in [0.717, 1.165) is 15.4 Å². The van der Waals surface area contributed by atoms with E-state index in [2.05, 4.69) is 0 Å². The number of carbonyl (C=O) groups excluding carboxylic acids is 4. The number of nitro groups is 2. The van der Waals surface area contributed by atoms with Gasteiger partial charge in [-0.2, -0.15) is 0 Å². The average Bonchev–Trinajstić information content (AvgIpc) is 3.50. The van der Waals surface area contributed by atoms with Gasteiger partial charge in [-0.25, -0.2) is 0 Å².